The van der Waals surface area contributed by atoms with Crippen LogP contribution in [0.3, 0.4) is 0 Å². The number of nitrogens with one attached hydrogen (secondary N) is 1. The van der Waals surface area contributed by atoms with Crippen molar-refractivity contribution in [3.63, 3.8) is 0 Å². The molecule has 0 aliphatic rings. The highest BCUT2D eigenvalue weighted by molar-refractivity contribution is 7.99. The van der Waals surface area contributed by atoms with E-state index in [1.54, 1.807) is 18.7 Å². The molecule has 0 aromatic heterocycles. The smallest absolute Gasteiger partial charge is 0.377 e. The number of carbonyl (C=O) groups excluding carboxylic acids is 2. The SMILES string of the molecule is CO[Si](CCNC(=O)CCSCC(C)C(N)=O)(OC)OC. The lowest BCUT2D eigenvalue weighted by atomic mass is 10.2. The number of primary amides is 1. The van der Waals surface area contributed by atoms with E-state index in [0.29, 0.717) is 30.5 Å². The third-order valence-electron chi connectivity index (χ3n) is 3.01. The number of carbonyl (C=O) groups is 2. The van der Waals surface area contributed by atoms with Crippen molar-refractivity contribution in [1.29, 1.82) is 0 Å². The van der Waals surface area contributed by atoms with Gasteiger partial charge in [-0.25, -0.2) is 0 Å². The Morgan fingerprint density at radius 3 is 2.29 bits per heavy atom. The summed E-state index contributed by atoms with van der Waals surface area (Å²) in [7, 11) is 2.00. The summed E-state index contributed by atoms with van der Waals surface area (Å²) in [4.78, 5) is 22.5. The molecule has 0 spiro atoms. The zero-order valence-electron chi connectivity index (χ0n) is 13.1. The lowest BCUT2D eigenvalue weighted by Gasteiger charge is -2.24. The molecule has 0 fully saturated rings. The fourth-order valence-electron chi connectivity index (χ4n) is 1.51. The summed E-state index contributed by atoms with van der Waals surface area (Å²) in [6, 6.07) is 0.522. The summed E-state index contributed by atoms with van der Waals surface area (Å²) in [5, 5.41) is 2.80. The molecule has 21 heavy (non-hydrogen) atoms. The predicted octanol–water partition coefficient (Wildman–Crippen LogP) is 0.225. The van der Waals surface area contributed by atoms with Crippen LogP contribution in [-0.2, 0) is 22.9 Å². The molecule has 7 nitrogen and oxygen atoms in total. The summed E-state index contributed by atoms with van der Waals surface area (Å²) in [6.45, 7) is 2.22. The first-order chi connectivity index (χ1) is 9.90. The van der Waals surface area contributed by atoms with Gasteiger partial charge in [0.05, 0.1) is 0 Å². The van der Waals surface area contributed by atoms with Gasteiger partial charge in [0, 0.05) is 57.8 Å². The van der Waals surface area contributed by atoms with Gasteiger partial charge >= 0.3 is 8.80 Å². The second-order valence-corrected chi connectivity index (χ2v) is 8.76. The van der Waals surface area contributed by atoms with Gasteiger partial charge in [-0.3, -0.25) is 9.59 Å². The maximum Gasteiger partial charge on any atom is 0.501 e. The van der Waals surface area contributed by atoms with Crippen LogP contribution in [0.15, 0.2) is 0 Å². The number of nitrogens with two attached hydrogens (primary N) is 1. The fourth-order valence-corrected chi connectivity index (χ4v) is 4.06. The van der Waals surface area contributed by atoms with E-state index in [0.717, 1.165) is 0 Å². The van der Waals surface area contributed by atoms with Crippen molar-refractivity contribution in [2.24, 2.45) is 11.7 Å². The molecule has 3 N–H and O–H groups in total. The Kier molecular flexibility index (Phi) is 10.7. The third kappa shape index (κ3) is 8.42. The molecule has 0 heterocycles. The number of rotatable bonds is 12. The van der Waals surface area contributed by atoms with Gasteiger partial charge < -0.3 is 24.3 Å². The van der Waals surface area contributed by atoms with Crippen LogP contribution < -0.4 is 11.1 Å². The Balaban J connectivity index is 3.79. The summed E-state index contributed by atoms with van der Waals surface area (Å²) in [5.74, 6) is 0.766. The second kappa shape index (κ2) is 11.0. The molecule has 0 radical (unpaired) electrons. The van der Waals surface area contributed by atoms with E-state index in [1.807, 2.05) is 0 Å². The average Bonchev–Trinajstić information content (AvgIpc) is 2.48. The zero-order valence-corrected chi connectivity index (χ0v) is 15.0. The maximum atomic E-state index is 11.6. The summed E-state index contributed by atoms with van der Waals surface area (Å²) in [5.41, 5.74) is 5.16. The van der Waals surface area contributed by atoms with Crippen LogP contribution in [0.25, 0.3) is 0 Å². The monoisotopic (exact) mass is 338 g/mol. The van der Waals surface area contributed by atoms with Crippen molar-refractivity contribution in [3.8, 4) is 0 Å². The second-order valence-electron chi connectivity index (χ2n) is 4.52. The summed E-state index contributed by atoms with van der Waals surface area (Å²) in [6.07, 6.45) is 0.400. The molecule has 2 amide bonds. The van der Waals surface area contributed by atoms with Gasteiger partial charge in [0.1, 0.15) is 0 Å². The molecule has 0 saturated carbocycles. The van der Waals surface area contributed by atoms with Crippen LogP contribution in [0, 0.1) is 5.92 Å². The fraction of sp³-hybridized carbons (Fsp3) is 0.833. The average molecular weight is 339 g/mol. The van der Waals surface area contributed by atoms with E-state index < -0.39 is 8.80 Å². The van der Waals surface area contributed by atoms with E-state index in [1.165, 1.54) is 21.3 Å². The standard InChI is InChI=1S/C12H26N2O5SSi/c1-10(12(13)16)9-20-7-5-11(15)14-6-8-21(17-2,18-3)19-4/h10H,5-9H2,1-4H3,(H2,13,16)(H,14,15). The lowest BCUT2D eigenvalue weighted by molar-refractivity contribution is -0.121. The van der Waals surface area contributed by atoms with Gasteiger partial charge in [-0.2, -0.15) is 11.8 Å². The third-order valence-corrected chi connectivity index (χ3v) is 6.97. The van der Waals surface area contributed by atoms with Crippen molar-refractivity contribution in [1.82, 2.24) is 5.32 Å². The normalized spacial score (nSPS) is 13.0. The number of hydrogen-bond donors (Lipinski definition) is 2. The van der Waals surface area contributed by atoms with Crippen molar-refractivity contribution in [2.45, 2.75) is 19.4 Å². The van der Waals surface area contributed by atoms with Gasteiger partial charge in [-0.15, -0.1) is 0 Å². The topological polar surface area (TPSA) is 99.9 Å². The molecule has 0 aliphatic carbocycles. The van der Waals surface area contributed by atoms with Crippen molar-refractivity contribution in [3.05, 3.63) is 0 Å². The van der Waals surface area contributed by atoms with E-state index in [2.05, 4.69) is 5.32 Å². The minimum Gasteiger partial charge on any atom is -0.377 e. The Bertz CT molecular complexity index is 321. The first-order valence-corrected chi connectivity index (χ1v) is 9.78. The zero-order chi connectivity index (χ0) is 16.3. The first-order valence-electron chi connectivity index (χ1n) is 6.70. The number of amides is 2. The van der Waals surface area contributed by atoms with Crippen molar-refractivity contribution >= 4 is 32.4 Å². The molecule has 9 heteroatoms. The number of hydrogen-bond acceptors (Lipinski definition) is 6. The molecule has 1 atom stereocenters. The van der Waals surface area contributed by atoms with Crippen LogP contribution in [0.5, 0.6) is 0 Å². The van der Waals surface area contributed by atoms with Crippen LogP contribution in [0.4, 0.5) is 0 Å². The van der Waals surface area contributed by atoms with Gasteiger partial charge in [-0.05, 0) is 0 Å². The van der Waals surface area contributed by atoms with Crippen LogP contribution in [0.2, 0.25) is 6.04 Å². The quantitative estimate of drug-likeness (QED) is 0.390. The molecule has 0 aromatic carbocycles. The highest BCUT2D eigenvalue weighted by Gasteiger charge is 2.37. The minimum atomic E-state index is -2.62. The van der Waals surface area contributed by atoms with Crippen molar-refractivity contribution < 1.29 is 22.9 Å². The Hall–Kier alpha value is -0.613. The van der Waals surface area contributed by atoms with E-state index in [-0.39, 0.29) is 17.7 Å². The van der Waals surface area contributed by atoms with E-state index in [9.17, 15) is 9.59 Å². The lowest BCUT2D eigenvalue weighted by Crippen LogP contribution is -2.45. The van der Waals surface area contributed by atoms with E-state index in [4.69, 9.17) is 19.0 Å². The van der Waals surface area contributed by atoms with Gasteiger partial charge in [0.2, 0.25) is 11.8 Å². The van der Waals surface area contributed by atoms with Crippen molar-refractivity contribution in [2.75, 3.05) is 39.4 Å². The van der Waals surface area contributed by atoms with Crippen LogP contribution >= 0.6 is 11.8 Å². The van der Waals surface area contributed by atoms with Crippen LogP contribution in [-0.4, -0.2) is 60.0 Å². The molecule has 0 aromatic rings. The molecule has 0 saturated heterocycles. The highest BCUT2D eigenvalue weighted by atomic mass is 32.2. The molecule has 0 bridgehead atoms. The first kappa shape index (κ1) is 20.4. The summed E-state index contributed by atoms with van der Waals surface area (Å²) >= 11 is 1.54. The van der Waals surface area contributed by atoms with Crippen LogP contribution in [0.1, 0.15) is 13.3 Å². The molecule has 0 rings (SSSR count). The van der Waals surface area contributed by atoms with Gasteiger partial charge in [-0.1, -0.05) is 6.92 Å². The number of thioether (sulfide) groups is 1. The Morgan fingerprint density at radius 2 is 1.81 bits per heavy atom. The molecule has 124 valence electrons. The Morgan fingerprint density at radius 1 is 1.24 bits per heavy atom. The summed E-state index contributed by atoms with van der Waals surface area (Å²) < 4.78 is 15.8. The molecule has 0 aliphatic heterocycles. The maximum absolute atomic E-state index is 11.6. The Labute approximate surface area is 131 Å². The van der Waals surface area contributed by atoms with Gasteiger partial charge in [0.15, 0.2) is 0 Å². The predicted molar refractivity (Wildman–Crippen MR) is 84.9 cm³/mol. The molecule has 1 unspecified atom stereocenters. The largest absolute Gasteiger partial charge is 0.501 e. The highest BCUT2D eigenvalue weighted by Crippen LogP contribution is 2.12. The molecular formula is C12H26N2O5SSi. The van der Waals surface area contributed by atoms with E-state index >= 15 is 0 Å². The van der Waals surface area contributed by atoms with Gasteiger partial charge in [0.25, 0.3) is 0 Å². The molecular weight excluding hydrogens is 312 g/mol. The minimum absolute atomic E-state index is 0.0413.